The summed E-state index contributed by atoms with van der Waals surface area (Å²) in [4.78, 5) is 23.5. The lowest BCUT2D eigenvalue weighted by Crippen LogP contribution is -2.17. The summed E-state index contributed by atoms with van der Waals surface area (Å²) in [7, 11) is 0. The highest BCUT2D eigenvalue weighted by Gasteiger charge is 2.25. The average molecular weight is 354 g/mol. The van der Waals surface area contributed by atoms with E-state index in [0.717, 1.165) is 40.8 Å². The molecule has 1 saturated heterocycles. The standard InChI is InChI=1S/C20H22N2O2S/c1-4-5-6-15-7-9-17(10-8-15)22-13(2)11-16(14(22)3)12-18-19(23)21-20(24)25-18/h7-12H,4-6H2,1-3H3,(H,21,23,24). The Morgan fingerprint density at radius 2 is 1.88 bits per heavy atom. The van der Waals surface area contributed by atoms with Crippen molar-refractivity contribution in [3.63, 3.8) is 0 Å². The number of benzene rings is 1. The molecule has 2 amide bonds. The van der Waals surface area contributed by atoms with Crippen molar-refractivity contribution in [2.75, 3.05) is 0 Å². The van der Waals surface area contributed by atoms with Crippen molar-refractivity contribution in [1.29, 1.82) is 0 Å². The topological polar surface area (TPSA) is 51.1 Å². The molecule has 1 aliphatic rings. The summed E-state index contributed by atoms with van der Waals surface area (Å²) in [6, 6.07) is 10.7. The second-order valence-electron chi connectivity index (χ2n) is 6.28. The van der Waals surface area contributed by atoms with Crippen LogP contribution in [0.4, 0.5) is 4.79 Å². The number of rotatable bonds is 5. The quantitative estimate of drug-likeness (QED) is 0.788. The fraction of sp³-hybridized carbons (Fsp3) is 0.300. The highest BCUT2D eigenvalue weighted by Crippen LogP contribution is 2.29. The van der Waals surface area contributed by atoms with E-state index < -0.39 is 0 Å². The molecule has 3 rings (SSSR count). The summed E-state index contributed by atoms with van der Waals surface area (Å²) < 4.78 is 2.18. The van der Waals surface area contributed by atoms with Gasteiger partial charge in [-0.05, 0) is 73.9 Å². The maximum absolute atomic E-state index is 11.8. The van der Waals surface area contributed by atoms with Crippen molar-refractivity contribution in [2.24, 2.45) is 0 Å². The molecule has 25 heavy (non-hydrogen) atoms. The van der Waals surface area contributed by atoms with Gasteiger partial charge in [-0.1, -0.05) is 25.5 Å². The fourth-order valence-corrected chi connectivity index (χ4v) is 3.76. The van der Waals surface area contributed by atoms with Crippen molar-refractivity contribution in [3.05, 3.63) is 57.8 Å². The molecule has 0 saturated carbocycles. The molecule has 0 unspecified atom stereocenters. The first-order chi connectivity index (χ1) is 12.0. The number of amides is 2. The number of aryl methyl sites for hydroxylation is 2. The third-order valence-electron chi connectivity index (χ3n) is 4.41. The van der Waals surface area contributed by atoms with Crippen LogP contribution in [0.2, 0.25) is 0 Å². The number of aromatic nitrogens is 1. The number of unbranched alkanes of at least 4 members (excludes halogenated alkanes) is 1. The Morgan fingerprint density at radius 3 is 2.48 bits per heavy atom. The Balaban J connectivity index is 1.91. The van der Waals surface area contributed by atoms with Crippen molar-refractivity contribution in [3.8, 4) is 5.69 Å². The molecule has 1 N–H and O–H groups in total. The lowest BCUT2D eigenvalue weighted by Gasteiger charge is -2.10. The van der Waals surface area contributed by atoms with Gasteiger partial charge >= 0.3 is 0 Å². The largest absolute Gasteiger partial charge is 0.318 e. The van der Waals surface area contributed by atoms with Gasteiger partial charge in [0.25, 0.3) is 11.1 Å². The van der Waals surface area contributed by atoms with Crippen molar-refractivity contribution in [1.82, 2.24) is 9.88 Å². The molecular formula is C20H22N2O2S. The molecule has 1 aromatic heterocycles. The molecule has 1 aromatic carbocycles. The van der Waals surface area contributed by atoms with E-state index in [1.165, 1.54) is 18.4 Å². The highest BCUT2D eigenvalue weighted by atomic mass is 32.2. The number of nitrogens with one attached hydrogen (secondary N) is 1. The minimum atomic E-state index is -0.319. The Bertz CT molecular complexity index is 847. The highest BCUT2D eigenvalue weighted by molar-refractivity contribution is 8.18. The Labute approximate surface area is 152 Å². The molecule has 2 heterocycles. The molecule has 4 nitrogen and oxygen atoms in total. The summed E-state index contributed by atoms with van der Waals surface area (Å²) in [6.45, 7) is 6.28. The van der Waals surface area contributed by atoms with Crippen LogP contribution in [-0.4, -0.2) is 15.7 Å². The minimum absolute atomic E-state index is 0.312. The van der Waals surface area contributed by atoms with Crippen LogP contribution in [-0.2, 0) is 11.2 Å². The van der Waals surface area contributed by atoms with Crippen LogP contribution < -0.4 is 5.32 Å². The van der Waals surface area contributed by atoms with Crippen molar-refractivity contribution in [2.45, 2.75) is 40.0 Å². The number of hydrogen-bond donors (Lipinski definition) is 1. The van der Waals surface area contributed by atoms with Crippen LogP contribution in [0.5, 0.6) is 0 Å². The molecule has 0 aliphatic carbocycles. The lowest BCUT2D eigenvalue weighted by atomic mass is 10.1. The molecule has 1 aliphatic heterocycles. The first-order valence-electron chi connectivity index (χ1n) is 8.52. The first kappa shape index (κ1) is 17.5. The summed E-state index contributed by atoms with van der Waals surface area (Å²) in [5.74, 6) is -0.319. The van der Waals surface area contributed by atoms with E-state index >= 15 is 0 Å². The SMILES string of the molecule is CCCCc1ccc(-n2c(C)cc(C=C3SC(=O)NC3=O)c2C)cc1. The van der Waals surface area contributed by atoms with E-state index in [1.54, 1.807) is 6.08 Å². The normalized spacial score (nSPS) is 15.9. The third-order valence-corrected chi connectivity index (χ3v) is 5.22. The number of nitrogens with zero attached hydrogens (tertiary/aromatic N) is 1. The number of carbonyl (C=O) groups is 2. The number of carbonyl (C=O) groups excluding carboxylic acids is 2. The van der Waals surface area contributed by atoms with Gasteiger partial charge in [-0.15, -0.1) is 0 Å². The van der Waals surface area contributed by atoms with Crippen LogP contribution in [0.1, 0.15) is 42.3 Å². The maximum Gasteiger partial charge on any atom is 0.290 e. The monoisotopic (exact) mass is 354 g/mol. The van der Waals surface area contributed by atoms with Crippen LogP contribution in [0, 0.1) is 13.8 Å². The van der Waals surface area contributed by atoms with Crippen molar-refractivity contribution >= 4 is 29.0 Å². The Hall–Kier alpha value is -2.27. The second-order valence-corrected chi connectivity index (χ2v) is 7.30. The number of thioether (sulfide) groups is 1. The van der Waals surface area contributed by atoms with Gasteiger partial charge in [0, 0.05) is 17.1 Å². The van der Waals surface area contributed by atoms with Gasteiger partial charge in [-0.3, -0.25) is 14.9 Å². The lowest BCUT2D eigenvalue weighted by molar-refractivity contribution is -0.115. The zero-order valence-corrected chi connectivity index (χ0v) is 15.6. The van der Waals surface area contributed by atoms with E-state index in [2.05, 4.69) is 41.1 Å². The zero-order valence-electron chi connectivity index (χ0n) is 14.8. The van der Waals surface area contributed by atoms with Gasteiger partial charge in [0.1, 0.15) is 0 Å². The molecule has 5 heteroatoms. The van der Waals surface area contributed by atoms with Crippen LogP contribution in [0.25, 0.3) is 11.8 Å². The maximum atomic E-state index is 11.8. The summed E-state index contributed by atoms with van der Waals surface area (Å²) >= 11 is 0.950. The average Bonchev–Trinajstić information content (AvgIpc) is 3.04. The van der Waals surface area contributed by atoms with Gasteiger partial charge in [0.15, 0.2) is 0 Å². The molecule has 1 fully saturated rings. The van der Waals surface area contributed by atoms with Gasteiger partial charge in [-0.25, -0.2) is 0 Å². The van der Waals surface area contributed by atoms with Crippen LogP contribution >= 0.6 is 11.8 Å². The molecule has 0 spiro atoms. The van der Waals surface area contributed by atoms with E-state index in [0.29, 0.717) is 4.91 Å². The molecule has 0 atom stereocenters. The predicted molar refractivity (Wildman–Crippen MR) is 103 cm³/mol. The number of imide groups is 1. The second kappa shape index (κ2) is 7.31. The molecular weight excluding hydrogens is 332 g/mol. The summed E-state index contributed by atoms with van der Waals surface area (Å²) in [5.41, 5.74) is 5.58. The van der Waals surface area contributed by atoms with Gasteiger partial charge in [0.05, 0.1) is 4.91 Å². The van der Waals surface area contributed by atoms with Gasteiger partial charge in [-0.2, -0.15) is 0 Å². The van der Waals surface area contributed by atoms with Gasteiger partial charge in [0.2, 0.25) is 0 Å². The molecule has 130 valence electrons. The van der Waals surface area contributed by atoms with E-state index in [9.17, 15) is 9.59 Å². The Kier molecular flexibility index (Phi) is 5.13. The van der Waals surface area contributed by atoms with Crippen LogP contribution in [0.15, 0.2) is 35.2 Å². The zero-order chi connectivity index (χ0) is 18.0. The first-order valence-corrected chi connectivity index (χ1v) is 9.34. The van der Waals surface area contributed by atoms with E-state index in [1.807, 2.05) is 19.9 Å². The molecule has 2 aromatic rings. The molecule has 0 bridgehead atoms. The van der Waals surface area contributed by atoms with Gasteiger partial charge < -0.3 is 4.57 Å². The number of hydrogen-bond acceptors (Lipinski definition) is 3. The smallest absolute Gasteiger partial charge is 0.290 e. The summed E-state index contributed by atoms with van der Waals surface area (Å²) in [5, 5.41) is 1.98. The predicted octanol–water partition coefficient (Wildman–Crippen LogP) is 4.76. The Morgan fingerprint density at radius 1 is 1.16 bits per heavy atom. The van der Waals surface area contributed by atoms with Crippen molar-refractivity contribution < 1.29 is 9.59 Å². The van der Waals surface area contributed by atoms with Crippen LogP contribution in [0.3, 0.4) is 0 Å². The fourth-order valence-electron chi connectivity index (χ4n) is 3.09. The summed E-state index contributed by atoms with van der Waals surface area (Å²) in [6.07, 6.45) is 5.30. The van der Waals surface area contributed by atoms with E-state index in [-0.39, 0.29) is 11.1 Å². The van der Waals surface area contributed by atoms with E-state index in [4.69, 9.17) is 0 Å². The minimum Gasteiger partial charge on any atom is -0.318 e. The molecule has 0 radical (unpaired) electrons. The third kappa shape index (κ3) is 3.71.